The van der Waals surface area contributed by atoms with E-state index >= 15 is 0 Å². The molecule has 8 heteroatoms. The summed E-state index contributed by atoms with van der Waals surface area (Å²) in [6.45, 7) is 18.8. The van der Waals surface area contributed by atoms with E-state index in [4.69, 9.17) is 10.2 Å². The summed E-state index contributed by atoms with van der Waals surface area (Å²) in [6.07, 6.45) is 35.9. The molecule has 5 nitrogen and oxygen atoms in total. The summed E-state index contributed by atoms with van der Waals surface area (Å²) < 4.78 is 12.2. The van der Waals surface area contributed by atoms with Crippen LogP contribution < -0.4 is 0 Å². The van der Waals surface area contributed by atoms with E-state index < -0.39 is 37.3 Å². The van der Waals surface area contributed by atoms with Crippen LogP contribution in [-0.4, -0.2) is 75.7 Å². The van der Waals surface area contributed by atoms with E-state index in [2.05, 4.69) is 55.4 Å². The van der Waals surface area contributed by atoms with E-state index in [0.717, 1.165) is 0 Å². The van der Waals surface area contributed by atoms with Gasteiger partial charge in [-0.3, -0.25) is 0 Å². The smallest absolute Gasteiger partial charge is 0.335 e. The van der Waals surface area contributed by atoms with Crippen LogP contribution in [0.3, 0.4) is 0 Å². The van der Waals surface area contributed by atoms with Crippen molar-refractivity contribution >= 4 is 37.3 Å². The number of hydrogen-bond donors (Lipinski definition) is 2. The number of unbranched alkanes of at least 4 members (excludes halogenated alkanes) is 8. The largest absolute Gasteiger partial charge is 0.478 e. The van der Waals surface area contributed by atoms with Gasteiger partial charge in [0.2, 0.25) is 0 Å². The number of benzene rings is 2. The van der Waals surface area contributed by atoms with Crippen molar-refractivity contribution in [2.75, 3.05) is 49.3 Å². The van der Waals surface area contributed by atoms with E-state index in [9.17, 15) is 13.8 Å². The molecular weight excluding hydrogens is 727 g/mol. The normalized spacial score (nSPS) is 11.4. The van der Waals surface area contributed by atoms with Gasteiger partial charge in [-0.1, -0.05) is 107 Å². The molecule has 0 fully saturated rings. The highest BCUT2D eigenvalue weighted by Gasteiger charge is 2.35. The predicted molar refractivity (Wildman–Crippen MR) is 244 cm³/mol. The van der Waals surface area contributed by atoms with E-state index in [1.54, 1.807) is 49.3 Å². The van der Waals surface area contributed by atoms with Gasteiger partial charge in [0.05, 0.1) is 71.2 Å². The molecule has 0 heterocycles. The summed E-state index contributed by atoms with van der Waals surface area (Å²) in [5.74, 6) is -2.10. The molecule has 0 aromatic heterocycles. The molecule has 2 aromatic rings. The van der Waals surface area contributed by atoms with Gasteiger partial charge in [-0.15, -0.1) is 0 Å². The number of carboxylic acids is 2. The molecule has 0 saturated heterocycles. The van der Waals surface area contributed by atoms with E-state index in [0.29, 0.717) is 9.79 Å². The fourth-order valence-corrected chi connectivity index (χ4v) is 18.5. The van der Waals surface area contributed by atoms with Crippen LogP contribution in [0.4, 0.5) is 0 Å². The van der Waals surface area contributed by atoms with Crippen LogP contribution in [0, 0.1) is 0 Å². The zero-order chi connectivity index (χ0) is 40.7. The van der Waals surface area contributed by atoms with Gasteiger partial charge in [-0.2, -0.15) is 0 Å². The van der Waals surface area contributed by atoms with Gasteiger partial charge in [0.25, 0.3) is 0 Å². The third kappa shape index (κ3) is 22.2. The summed E-state index contributed by atoms with van der Waals surface area (Å²) in [7, 11) is -2.60. The van der Waals surface area contributed by atoms with Crippen LogP contribution in [0.15, 0.2) is 58.3 Å². The average molecular weight is 809 g/mol. The molecular formula is C46H82O5P2S+2. The lowest BCUT2D eigenvalue weighted by Gasteiger charge is -2.28. The van der Waals surface area contributed by atoms with Gasteiger partial charge in [-0.05, 0) is 99.9 Å². The Balaban J connectivity index is 0.000000786. The molecule has 0 saturated carbocycles. The number of hydrogen-bond acceptors (Lipinski definition) is 3. The second kappa shape index (κ2) is 32.5. The standard InChI is InChI=1S/2C16H36P.C14H10O5S/c2*1-5-9-13-17(14-10-6-2,15-11-7-3)16-12-8-4;15-13(16)9-1-5-11(6-2-9)20(19)12-7-3-10(4-8-12)14(17)18/h2*5-16H2,1-4H3;1-8H,(H,15,16)(H,17,18)/q2*+1;. The maximum absolute atomic E-state index is 12.2. The van der Waals surface area contributed by atoms with Gasteiger partial charge < -0.3 is 10.2 Å². The minimum atomic E-state index is -1.48. The summed E-state index contributed by atoms with van der Waals surface area (Å²) >= 11 is 0. The molecule has 0 spiro atoms. The second-order valence-corrected chi connectivity index (χ2v) is 25.7. The summed E-state index contributed by atoms with van der Waals surface area (Å²) in [4.78, 5) is 22.4. The van der Waals surface area contributed by atoms with Crippen LogP contribution in [-0.2, 0) is 10.8 Å². The van der Waals surface area contributed by atoms with Crippen molar-refractivity contribution in [2.24, 2.45) is 0 Å². The first-order valence-electron chi connectivity index (χ1n) is 21.8. The zero-order valence-electron chi connectivity index (χ0n) is 36.0. The van der Waals surface area contributed by atoms with Crippen molar-refractivity contribution in [2.45, 2.75) is 168 Å². The van der Waals surface area contributed by atoms with E-state index in [1.807, 2.05) is 0 Å². The lowest BCUT2D eigenvalue weighted by Crippen LogP contribution is -2.12. The average Bonchev–Trinajstić information content (AvgIpc) is 3.20. The Hall–Kier alpha value is -1.61. The van der Waals surface area contributed by atoms with Crippen molar-refractivity contribution in [1.29, 1.82) is 0 Å². The third-order valence-corrected chi connectivity index (χ3v) is 22.0. The van der Waals surface area contributed by atoms with Crippen molar-refractivity contribution in [3.8, 4) is 0 Å². The lowest BCUT2D eigenvalue weighted by atomic mass is 10.2. The first-order valence-corrected chi connectivity index (χ1v) is 28.0. The third-order valence-electron chi connectivity index (χ3n) is 10.5. The highest BCUT2D eigenvalue weighted by Crippen LogP contribution is 2.62. The van der Waals surface area contributed by atoms with Crippen molar-refractivity contribution in [1.82, 2.24) is 0 Å². The number of carboxylic acid groups (broad SMARTS) is 2. The summed E-state index contributed by atoms with van der Waals surface area (Å²) in [5.41, 5.74) is 0.235. The SMILES string of the molecule is CCCC[P+](CCCC)(CCCC)CCCC.CCCC[P+](CCCC)(CCCC)CCCC.O=C(O)c1ccc(S(=O)c2ccc(C(=O)O)cc2)cc1. The first kappa shape index (κ1) is 52.4. The van der Waals surface area contributed by atoms with Gasteiger partial charge in [0.15, 0.2) is 0 Å². The van der Waals surface area contributed by atoms with Crippen molar-refractivity contribution in [3.63, 3.8) is 0 Å². The Kier molecular flexibility index (Phi) is 31.5. The Bertz CT molecular complexity index is 1080. The molecule has 0 aliphatic heterocycles. The second-order valence-electron chi connectivity index (χ2n) is 15.2. The van der Waals surface area contributed by atoms with Gasteiger partial charge >= 0.3 is 11.9 Å². The molecule has 0 aliphatic carbocycles. The molecule has 2 aromatic carbocycles. The number of carbonyl (C=O) groups is 2. The monoisotopic (exact) mass is 809 g/mol. The zero-order valence-corrected chi connectivity index (χ0v) is 38.6. The van der Waals surface area contributed by atoms with Crippen LogP contribution in [0.25, 0.3) is 0 Å². The highest BCUT2D eigenvalue weighted by atomic mass is 32.2. The Labute approximate surface area is 336 Å². The molecule has 0 amide bonds. The summed E-state index contributed by atoms with van der Waals surface area (Å²) in [5, 5.41) is 17.6. The Morgan fingerprint density at radius 2 is 0.593 bits per heavy atom. The Morgan fingerprint density at radius 3 is 0.741 bits per heavy atom. The highest BCUT2D eigenvalue weighted by molar-refractivity contribution is 7.85. The van der Waals surface area contributed by atoms with Crippen LogP contribution >= 0.6 is 14.5 Å². The fourth-order valence-electron chi connectivity index (χ4n) is 6.87. The van der Waals surface area contributed by atoms with Crippen LogP contribution in [0.5, 0.6) is 0 Å². The quantitative estimate of drug-likeness (QED) is 0.0836. The molecule has 0 aliphatic rings. The molecule has 0 unspecified atom stereocenters. The van der Waals surface area contributed by atoms with Crippen molar-refractivity contribution < 1.29 is 24.0 Å². The topological polar surface area (TPSA) is 91.7 Å². The minimum absolute atomic E-state index is 0.118. The molecule has 310 valence electrons. The van der Waals surface area contributed by atoms with Crippen molar-refractivity contribution in [3.05, 3.63) is 59.7 Å². The predicted octanol–water partition coefficient (Wildman–Crippen LogP) is 14.7. The fraction of sp³-hybridized carbons (Fsp3) is 0.696. The number of rotatable bonds is 28. The molecule has 0 atom stereocenters. The molecule has 2 rings (SSSR count). The molecule has 2 N–H and O–H groups in total. The maximum atomic E-state index is 12.2. The summed E-state index contributed by atoms with van der Waals surface area (Å²) in [6, 6.07) is 11.4. The maximum Gasteiger partial charge on any atom is 0.335 e. The van der Waals surface area contributed by atoms with E-state index in [-0.39, 0.29) is 11.1 Å². The first-order chi connectivity index (χ1) is 26.0. The number of aromatic carboxylic acids is 2. The molecule has 0 bridgehead atoms. The van der Waals surface area contributed by atoms with E-state index in [1.165, 1.54) is 151 Å². The molecule has 0 radical (unpaired) electrons. The lowest BCUT2D eigenvalue weighted by molar-refractivity contribution is 0.0686. The minimum Gasteiger partial charge on any atom is -0.478 e. The van der Waals surface area contributed by atoms with Gasteiger partial charge in [0.1, 0.15) is 0 Å². The van der Waals surface area contributed by atoms with Crippen LogP contribution in [0.2, 0.25) is 0 Å². The molecule has 54 heavy (non-hydrogen) atoms. The van der Waals surface area contributed by atoms with Gasteiger partial charge in [0, 0.05) is 24.3 Å². The van der Waals surface area contributed by atoms with Gasteiger partial charge in [-0.25, -0.2) is 13.8 Å². The Morgan fingerprint density at radius 1 is 0.407 bits per heavy atom. The van der Waals surface area contributed by atoms with Crippen LogP contribution in [0.1, 0.15) is 179 Å².